The summed E-state index contributed by atoms with van der Waals surface area (Å²) >= 11 is 5.89. The van der Waals surface area contributed by atoms with Crippen molar-refractivity contribution in [2.75, 3.05) is 16.8 Å². The molecule has 2 amide bonds. The fraction of sp³-hybridized carbons (Fsp3) is 0.304. The molecule has 0 saturated heterocycles. The van der Waals surface area contributed by atoms with Gasteiger partial charge in [0.2, 0.25) is 0 Å². The third-order valence-corrected chi connectivity index (χ3v) is 5.92. The summed E-state index contributed by atoms with van der Waals surface area (Å²) in [6.07, 6.45) is 6.26. The van der Waals surface area contributed by atoms with E-state index in [9.17, 15) is 14.7 Å². The number of aliphatic hydroxyl groups excluding tert-OH is 1. The van der Waals surface area contributed by atoms with Gasteiger partial charge in [0, 0.05) is 16.4 Å². The van der Waals surface area contributed by atoms with Crippen LogP contribution in [-0.4, -0.2) is 23.5 Å². The lowest BCUT2D eigenvalue weighted by molar-refractivity contribution is -0.119. The number of amides is 2. The summed E-state index contributed by atoms with van der Waals surface area (Å²) in [7, 11) is 0. The number of carbonyl (C=O) groups is 2. The number of benzene rings is 2. The first kappa shape index (κ1) is 19.5. The summed E-state index contributed by atoms with van der Waals surface area (Å²) in [6, 6.07) is 14.5. The highest BCUT2D eigenvalue weighted by Gasteiger charge is 2.36. The normalized spacial score (nSPS) is 17.7. The van der Waals surface area contributed by atoms with Gasteiger partial charge >= 0.3 is 0 Å². The lowest BCUT2D eigenvalue weighted by Gasteiger charge is -2.22. The molecule has 5 nitrogen and oxygen atoms in total. The molecule has 0 bridgehead atoms. The molecular formula is C23H23ClN2O3. The van der Waals surface area contributed by atoms with Crippen molar-refractivity contribution in [1.29, 1.82) is 0 Å². The van der Waals surface area contributed by atoms with Gasteiger partial charge in [-0.2, -0.15) is 0 Å². The Hall–Kier alpha value is -2.79. The van der Waals surface area contributed by atoms with Gasteiger partial charge in [-0.1, -0.05) is 43.0 Å². The van der Waals surface area contributed by atoms with Crippen molar-refractivity contribution in [2.24, 2.45) is 0 Å². The Bertz CT molecular complexity index is 945. The monoisotopic (exact) mass is 410 g/mol. The SMILES string of the molecule is O=C(Nc1ccc(C2CCCCC2)cc1)C1=C(O)CN(c2ccc(Cl)cc2)C1=O. The second-order valence-electron chi connectivity index (χ2n) is 7.60. The summed E-state index contributed by atoms with van der Waals surface area (Å²) in [5, 5.41) is 13.5. The van der Waals surface area contributed by atoms with E-state index in [4.69, 9.17) is 11.6 Å². The highest BCUT2D eigenvalue weighted by atomic mass is 35.5. The molecule has 2 aromatic rings. The van der Waals surface area contributed by atoms with Crippen molar-refractivity contribution in [3.05, 3.63) is 70.4 Å². The standard InChI is InChI=1S/C23H23ClN2O3/c24-17-8-12-19(13-9-17)26-14-20(27)21(23(26)29)22(28)25-18-10-6-16(7-11-18)15-4-2-1-3-5-15/h6-13,15,27H,1-5,14H2,(H,25,28). The maximum atomic E-state index is 12.7. The van der Waals surface area contributed by atoms with Crippen LogP contribution in [0.15, 0.2) is 59.9 Å². The molecule has 2 aromatic carbocycles. The summed E-state index contributed by atoms with van der Waals surface area (Å²) in [5.74, 6) is -0.776. The zero-order chi connectivity index (χ0) is 20.4. The van der Waals surface area contributed by atoms with Crippen LogP contribution < -0.4 is 10.2 Å². The Morgan fingerprint density at radius 2 is 1.66 bits per heavy atom. The quantitative estimate of drug-likeness (QED) is 0.682. The largest absolute Gasteiger partial charge is 0.509 e. The van der Waals surface area contributed by atoms with Crippen molar-refractivity contribution in [3.63, 3.8) is 0 Å². The second kappa shape index (κ2) is 8.29. The molecule has 4 rings (SSSR count). The predicted molar refractivity (Wildman–Crippen MR) is 114 cm³/mol. The van der Waals surface area contributed by atoms with E-state index in [1.54, 1.807) is 24.3 Å². The molecule has 150 valence electrons. The van der Waals surface area contributed by atoms with E-state index in [1.807, 2.05) is 24.3 Å². The number of hydrogen-bond acceptors (Lipinski definition) is 3. The van der Waals surface area contributed by atoms with Crippen molar-refractivity contribution < 1.29 is 14.7 Å². The van der Waals surface area contributed by atoms with E-state index in [0.717, 1.165) is 0 Å². The van der Waals surface area contributed by atoms with Crippen LogP contribution in [0.1, 0.15) is 43.6 Å². The molecule has 1 saturated carbocycles. The topological polar surface area (TPSA) is 69.6 Å². The first-order chi connectivity index (χ1) is 14.0. The molecule has 1 fully saturated rings. The molecule has 1 aliphatic carbocycles. The number of aliphatic hydroxyl groups is 1. The van der Waals surface area contributed by atoms with Crippen LogP contribution in [-0.2, 0) is 9.59 Å². The lowest BCUT2D eigenvalue weighted by atomic mass is 9.84. The first-order valence-corrected chi connectivity index (χ1v) is 10.3. The Balaban J connectivity index is 1.44. The first-order valence-electron chi connectivity index (χ1n) is 9.94. The van der Waals surface area contributed by atoms with Crippen LogP contribution in [0.2, 0.25) is 5.02 Å². The molecule has 0 spiro atoms. The maximum absolute atomic E-state index is 12.7. The third kappa shape index (κ3) is 4.15. The summed E-state index contributed by atoms with van der Waals surface area (Å²) in [6.45, 7) is -0.0379. The van der Waals surface area contributed by atoms with E-state index in [2.05, 4.69) is 5.32 Å². The van der Waals surface area contributed by atoms with Crippen molar-refractivity contribution in [2.45, 2.75) is 38.0 Å². The fourth-order valence-electron chi connectivity index (χ4n) is 4.08. The molecule has 0 radical (unpaired) electrons. The van der Waals surface area contributed by atoms with Crippen LogP contribution in [0.5, 0.6) is 0 Å². The van der Waals surface area contributed by atoms with E-state index in [0.29, 0.717) is 22.3 Å². The van der Waals surface area contributed by atoms with Crippen LogP contribution in [0, 0.1) is 0 Å². The van der Waals surface area contributed by atoms with Crippen molar-refractivity contribution in [1.82, 2.24) is 0 Å². The van der Waals surface area contributed by atoms with Gasteiger partial charge in [-0.3, -0.25) is 9.59 Å². The summed E-state index contributed by atoms with van der Waals surface area (Å²) in [4.78, 5) is 26.7. The zero-order valence-corrected chi connectivity index (χ0v) is 16.8. The van der Waals surface area contributed by atoms with Gasteiger partial charge in [-0.05, 0) is 60.7 Å². The van der Waals surface area contributed by atoms with E-state index in [-0.39, 0.29) is 17.9 Å². The van der Waals surface area contributed by atoms with Crippen LogP contribution in [0.25, 0.3) is 0 Å². The van der Waals surface area contributed by atoms with Gasteiger partial charge < -0.3 is 15.3 Å². The number of nitrogens with one attached hydrogen (secondary N) is 1. The molecule has 2 aliphatic rings. The Morgan fingerprint density at radius 3 is 2.31 bits per heavy atom. The smallest absolute Gasteiger partial charge is 0.267 e. The van der Waals surface area contributed by atoms with Crippen LogP contribution in [0.4, 0.5) is 11.4 Å². The second-order valence-corrected chi connectivity index (χ2v) is 8.04. The zero-order valence-electron chi connectivity index (χ0n) is 16.0. The van der Waals surface area contributed by atoms with Crippen molar-refractivity contribution in [3.8, 4) is 0 Å². The molecule has 1 heterocycles. The van der Waals surface area contributed by atoms with Crippen LogP contribution in [0.3, 0.4) is 0 Å². The Morgan fingerprint density at radius 1 is 1.00 bits per heavy atom. The van der Waals surface area contributed by atoms with E-state index in [1.165, 1.54) is 42.6 Å². The highest BCUT2D eigenvalue weighted by Crippen LogP contribution is 2.33. The minimum Gasteiger partial charge on any atom is -0.509 e. The van der Waals surface area contributed by atoms with Crippen LogP contribution >= 0.6 is 11.6 Å². The average molecular weight is 411 g/mol. The van der Waals surface area contributed by atoms with E-state index >= 15 is 0 Å². The number of carbonyl (C=O) groups excluding carboxylic acids is 2. The van der Waals surface area contributed by atoms with Gasteiger partial charge in [0.1, 0.15) is 11.3 Å². The Kier molecular flexibility index (Phi) is 5.58. The Labute approximate surface area is 175 Å². The molecular weight excluding hydrogens is 388 g/mol. The van der Waals surface area contributed by atoms with Gasteiger partial charge in [-0.15, -0.1) is 0 Å². The lowest BCUT2D eigenvalue weighted by Crippen LogP contribution is -2.30. The molecule has 29 heavy (non-hydrogen) atoms. The number of rotatable bonds is 4. The average Bonchev–Trinajstić information content (AvgIpc) is 3.04. The fourth-order valence-corrected chi connectivity index (χ4v) is 4.21. The third-order valence-electron chi connectivity index (χ3n) is 5.67. The molecule has 0 atom stereocenters. The summed E-state index contributed by atoms with van der Waals surface area (Å²) in [5.41, 5.74) is 2.24. The molecule has 6 heteroatoms. The number of anilines is 2. The number of nitrogens with zero attached hydrogens (tertiary/aromatic N) is 1. The van der Waals surface area contributed by atoms with E-state index < -0.39 is 11.8 Å². The minimum absolute atomic E-state index is 0.0379. The van der Waals surface area contributed by atoms with Crippen molar-refractivity contribution >= 4 is 34.8 Å². The molecule has 1 aliphatic heterocycles. The molecule has 2 N–H and O–H groups in total. The molecule has 0 aromatic heterocycles. The predicted octanol–water partition coefficient (Wildman–Crippen LogP) is 5.19. The maximum Gasteiger partial charge on any atom is 0.267 e. The summed E-state index contributed by atoms with van der Waals surface area (Å²) < 4.78 is 0. The highest BCUT2D eigenvalue weighted by molar-refractivity contribution is 6.31. The number of halogens is 1. The van der Waals surface area contributed by atoms with Gasteiger partial charge in [0.25, 0.3) is 11.8 Å². The number of hydrogen-bond donors (Lipinski definition) is 2. The van der Waals surface area contributed by atoms with Gasteiger partial charge in [0.05, 0.1) is 6.54 Å². The molecule has 0 unspecified atom stereocenters. The minimum atomic E-state index is -0.602. The van der Waals surface area contributed by atoms with Gasteiger partial charge in [-0.25, -0.2) is 0 Å². The van der Waals surface area contributed by atoms with Gasteiger partial charge in [0.15, 0.2) is 0 Å².